The first-order chi connectivity index (χ1) is 9.88. The second-order valence-corrected chi connectivity index (χ2v) is 4.50. The number of nitrogens with one attached hydrogen (secondary N) is 2. The fourth-order valence-corrected chi connectivity index (χ4v) is 1.57. The molecule has 0 heterocycles. The van der Waals surface area contributed by atoms with Crippen molar-refractivity contribution >= 4 is 29.1 Å². The third kappa shape index (κ3) is 4.60. The second-order valence-electron chi connectivity index (χ2n) is 4.06. The normalized spacial score (nSPS) is 11.2. The summed E-state index contributed by atoms with van der Waals surface area (Å²) in [6.07, 6.45) is -0.883. The predicted octanol–water partition coefficient (Wildman–Crippen LogP) is 0.552. The number of urea groups is 1. The standard InChI is InChI=1S/C13H17N3O4S/c1-7(12(17)16-13(18)15-2)20-9-5-4-8(11(14)21)6-10(9)19-3/h4-7H,1-3H3,(H2,14,21)(H2,15,16,17,18). The number of carbonyl (C=O) groups is 2. The molecule has 0 saturated carbocycles. The number of rotatable bonds is 5. The molecule has 0 spiro atoms. The van der Waals surface area contributed by atoms with E-state index in [1.54, 1.807) is 18.2 Å². The summed E-state index contributed by atoms with van der Waals surface area (Å²) in [5.41, 5.74) is 6.16. The number of amides is 3. The fraction of sp³-hybridized carbons (Fsp3) is 0.308. The van der Waals surface area contributed by atoms with Crippen LogP contribution >= 0.6 is 12.2 Å². The number of hydrogen-bond acceptors (Lipinski definition) is 5. The van der Waals surface area contributed by atoms with E-state index >= 15 is 0 Å². The average Bonchev–Trinajstić information content (AvgIpc) is 2.46. The van der Waals surface area contributed by atoms with E-state index in [0.29, 0.717) is 17.1 Å². The maximum absolute atomic E-state index is 11.7. The molecular weight excluding hydrogens is 294 g/mol. The zero-order valence-electron chi connectivity index (χ0n) is 11.9. The van der Waals surface area contributed by atoms with Gasteiger partial charge in [-0.2, -0.15) is 0 Å². The monoisotopic (exact) mass is 311 g/mol. The zero-order chi connectivity index (χ0) is 16.0. The number of benzene rings is 1. The van der Waals surface area contributed by atoms with E-state index in [2.05, 4.69) is 10.6 Å². The molecule has 8 heteroatoms. The van der Waals surface area contributed by atoms with Crippen LogP contribution in [0, 0.1) is 0 Å². The molecule has 0 radical (unpaired) electrons. The van der Waals surface area contributed by atoms with Gasteiger partial charge in [0.1, 0.15) is 4.99 Å². The van der Waals surface area contributed by atoms with E-state index in [9.17, 15) is 9.59 Å². The van der Waals surface area contributed by atoms with Crippen LogP contribution in [-0.4, -0.2) is 37.2 Å². The van der Waals surface area contributed by atoms with Crippen LogP contribution in [0.4, 0.5) is 4.79 Å². The summed E-state index contributed by atoms with van der Waals surface area (Å²) < 4.78 is 10.6. The van der Waals surface area contributed by atoms with Crippen LogP contribution in [0.5, 0.6) is 11.5 Å². The largest absolute Gasteiger partial charge is 0.493 e. The molecule has 1 aromatic rings. The van der Waals surface area contributed by atoms with E-state index in [4.69, 9.17) is 27.4 Å². The summed E-state index contributed by atoms with van der Waals surface area (Å²) in [5, 5.41) is 4.40. The van der Waals surface area contributed by atoms with Gasteiger partial charge in [0.25, 0.3) is 5.91 Å². The molecule has 21 heavy (non-hydrogen) atoms. The molecule has 0 fully saturated rings. The van der Waals surface area contributed by atoms with Crippen LogP contribution in [0.2, 0.25) is 0 Å². The molecule has 4 N–H and O–H groups in total. The summed E-state index contributed by atoms with van der Waals surface area (Å²) in [6.45, 7) is 1.51. The second kappa shape index (κ2) is 7.44. The van der Waals surface area contributed by atoms with Gasteiger partial charge in [-0.3, -0.25) is 10.1 Å². The van der Waals surface area contributed by atoms with Crippen molar-refractivity contribution in [3.05, 3.63) is 23.8 Å². The predicted molar refractivity (Wildman–Crippen MR) is 81.6 cm³/mol. The number of ether oxygens (including phenoxy) is 2. The van der Waals surface area contributed by atoms with E-state index in [1.165, 1.54) is 21.1 Å². The molecule has 1 unspecified atom stereocenters. The minimum absolute atomic E-state index is 0.227. The van der Waals surface area contributed by atoms with Gasteiger partial charge in [-0.25, -0.2) is 4.79 Å². The molecular formula is C13H17N3O4S. The van der Waals surface area contributed by atoms with Gasteiger partial charge in [0.05, 0.1) is 7.11 Å². The average molecular weight is 311 g/mol. The number of imide groups is 1. The minimum Gasteiger partial charge on any atom is -0.493 e. The van der Waals surface area contributed by atoms with Crippen molar-refractivity contribution in [1.29, 1.82) is 0 Å². The molecule has 0 aliphatic heterocycles. The van der Waals surface area contributed by atoms with Gasteiger partial charge in [0.2, 0.25) is 0 Å². The lowest BCUT2D eigenvalue weighted by molar-refractivity contribution is -0.126. The Hall–Kier alpha value is -2.35. The Labute approximate surface area is 127 Å². The Morgan fingerprint density at radius 2 is 2.00 bits per heavy atom. The Morgan fingerprint density at radius 1 is 1.33 bits per heavy atom. The first-order valence-electron chi connectivity index (χ1n) is 6.06. The molecule has 1 rings (SSSR count). The molecule has 1 atom stereocenters. The number of nitrogens with two attached hydrogens (primary N) is 1. The smallest absolute Gasteiger partial charge is 0.321 e. The molecule has 0 aliphatic carbocycles. The number of carbonyl (C=O) groups excluding carboxylic acids is 2. The van der Waals surface area contributed by atoms with E-state index in [0.717, 1.165) is 0 Å². The zero-order valence-corrected chi connectivity index (χ0v) is 12.7. The summed E-state index contributed by atoms with van der Waals surface area (Å²) >= 11 is 4.88. The molecule has 0 aliphatic rings. The van der Waals surface area contributed by atoms with Crippen molar-refractivity contribution in [3.63, 3.8) is 0 Å². The van der Waals surface area contributed by atoms with Gasteiger partial charge in [-0.05, 0) is 25.1 Å². The van der Waals surface area contributed by atoms with Crippen LogP contribution in [0.15, 0.2) is 18.2 Å². The van der Waals surface area contributed by atoms with Crippen LogP contribution in [0.3, 0.4) is 0 Å². The number of hydrogen-bond donors (Lipinski definition) is 3. The van der Waals surface area contributed by atoms with Crippen LogP contribution in [-0.2, 0) is 4.79 Å². The van der Waals surface area contributed by atoms with Crippen molar-refractivity contribution < 1.29 is 19.1 Å². The maximum Gasteiger partial charge on any atom is 0.321 e. The Balaban J connectivity index is 2.84. The molecule has 7 nitrogen and oxygen atoms in total. The van der Waals surface area contributed by atoms with Crippen molar-refractivity contribution in [1.82, 2.24) is 10.6 Å². The van der Waals surface area contributed by atoms with Crippen molar-refractivity contribution in [2.75, 3.05) is 14.2 Å². The lowest BCUT2D eigenvalue weighted by Crippen LogP contribution is -2.44. The topological polar surface area (TPSA) is 103 Å². The molecule has 0 saturated heterocycles. The number of methoxy groups -OCH3 is 1. The van der Waals surface area contributed by atoms with Gasteiger partial charge in [-0.15, -0.1) is 0 Å². The van der Waals surface area contributed by atoms with E-state index in [-0.39, 0.29) is 4.99 Å². The van der Waals surface area contributed by atoms with Gasteiger partial charge >= 0.3 is 6.03 Å². The highest BCUT2D eigenvalue weighted by molar-refractivity contribution is 7.80. The molecule has 3 amide bonds. The Morgan fingerprint density at radius 3 is 2.52 bits per heavy atom. The highest BCUT2D eigenvalue weighted by atomic mass is 32.1. The van der Waals surface area contributed by atoms with Gasteiger partial charge < -0.3 is 20.5 Å². The lowest BCUT2D eigenvalue weighted by atomic mass is 10.2. The molecule has 114 valence electrons. The first kappa shape index (κ1) is 16.7. The minimum atomic E-state index is -0.883. The van der Waals surface area contributed by atoms with Crippen molar-refractivity contribution in [2.24, 2.45) is 5.73 Å². The Bertz CT molecular complexity index is 562. The van der Waals surface area contributed by atoms with Gasteiger partial charge in [0.15, 0.2) is 17.6 Å². The van der Waals surface area contributed by atoms with E-state index in [1.807, 2.05) is 0 Å². The summed E-state index contributed by atoms with van der Waals surface area (Å²) in [4.78, 5) is 23.0. The van der Waals surface area contributed by atoms with Crippen LogP contribution in [0.25, 0.3) is 0 Å². The highest BCUT2D eigenvalue weighted by Crippen LogP contribution is 2.29. The van der Waals surface area contributed by atoms with E-state index < -0.39 is 18.0 Å². The third-order valence-electron chi connectivity index (χ3n) is 2.58. The van der Waals surface area contributed by atoms with Crippen LogP contribution < -0.4 is 25.8 Å². The SMILES string of the molecule is CNC(=O)NC(=O)C(C)Oc1ccc(C(N)=S)cc1OC. The van der Waals surface area contributed by atoms with Crippen molar-refractivity contribution in [3.8, 4) is 11.5 Å². The highest BCUT2D eigenvalue weighted by Gasteiger charge is 2.19. The first-order valence-corrected chi connectivity index (χ1v) is 6.47. The quantitative estimate of drug-likeness (QED) is 0.686. The van der Waals surface area contributed by atoms with Crippen LogP contribution in [0.1, 0.15) is 12.5 Å². The molecule has 1 aromatic carbocycles. The fourth-order valence-electron chi connectivity index (χ4n) is 1.44. The molecule has 0 aromatic heterocycles. The summed E-state index contributed by atoms with van der Waals surface area (Å²) in [5.74, 6) is 0.159. The summed E-state index contributed by atoms with van der Waals surface area (Å²) in [6, 6.07) is 4.26. The molecule has 0 bridgehead atoms. The Kier molecular flexibility index (Phi) is 5.92. The summed E-state index contributed by atoms with van der Waals surface area (Å²) in [7, 11) is 2.87. The lowest BCUT2D eigenvalue weighted by Gasteiger charge is -2.16. The van der Waals surface area contributed by atoms with Crippen molar-refractivity contribution in [2.45, 2.75) is 13.0 Å². The van der Waals surface area contributed by atoms with Gasteiger partial charge in [-0.1, -0.05) is 12.2 Å². The number of thiocarbonyl (C=S) groups is 1. The maximum atomic E-state index is 11.7. The third-order valence-corrected chi connectivity index (χ3v) is 2.82. The van der Waals surface area contributed by atoms with Gasteiger partial charge in [0, 0.05) is 12.6 Å².